The lowest BCUT2D eigenvalue weighted by Gasteiger charge is -2.36. The Labute approximate surface area is 103 Å². The van der Waals surface area contributed by atoms with Crippen LogP contribution in [0.2, 0.25) is 0 Å². The highest BCUT2D eigenvalue weighted by atomic mass is 16.6. The molecule has 2 atom stereocenters. The van der Waals surface area contributed by atoms with Gasteiger partial charge in [0.15, 0.2) is 0 Å². The second-order valence-electron chi connectivity index (χ2n) is 5.89. The number of amides is 1. The topological polar surface area (TPSA) is 75.8 Å². The Hall–Kier alpha value is -0.810. The van der Waals surface area contributed by atoms with Gasteiger partial charge < -0.3 is 20.5 Å². The quantitative estimate of drug-likeness (QED) is 0.762. The normalized spacial score (nSPS) is 24.6. The van der Waals surface area contributed by atoms with E-state index in [1.165, 1.54) is 0 Å². The van der Waals surface area contributed by atoms with E-state index in [0.717, 1.165) is 12.8 Å². The summed E-state index contributed by atoms with van der Waals surface area (Å²) < 4.78 is 5.33. The van der Waals surface area contributed by atoms with Crippen LogP contribution >= 0.6 is 0 Å². The largest absolute Gasteiger partial charge is 0.444 e. The molecule has 1 saturated heterocycles. The minimum absolute atomic E-state index is 0.136. The molecule has 0 spiro atoms. The molecular weight excluding hydrogens is 220 g/mol. The van der Waals surface area contributed by atoms with Gasteiger partial charge >= 0.3 is 6.09 Å². The fourth-order valence-electron chi connectivity index (χ4n) is 2.09. The molecule has 1 rings (SSSR count). The van der Waals surface area contributed by atoms with Crippen molar-refractivity contribution in [3.8, 4) is 0 Å². The van der Waals surface area contributed by atoms with E-state index in [-0.39, 0.29) is 18.7 Å². The Morgan fingerprint density at radius 1 is 1.47 bits per heavy atom. The molecule has 5 nitrogen and oxygen atoms in total. The third-order valence-electron chi connectivity index (χ3n) is 3.01. The predicted molar refractivity (Wildman–Crippen MR) is 65.6 cm³/mol. The zero-order valence-electron chi connectivity index (χ0n) is 11.2. The number of nitrogens with two attached hydrogens (primary N) is 1. The van der Waals surface area contributed by atoms with Gasteiger partial charge in [0, 0.05) is 13.1 Å². The van der Waals surface area contributed by atoms with Crippen LogP contribution in [0.4, 0.5) is 4.79 Å². The fourth-order valence-corrected chi connectivity index (χ4v) is 2.09. The number of carbonyl (C=O) groups is 1. The molecule has 1 amide bonds. The molecule has 17 heavy (non-hydrogen) atoms. The number of likely N-dealkylation sites (tertiary alicyclic amines) is 1. The van der Waals surface area contributed by atoms with Crippen molar-refractivity contribution in [2.75, 3.05) is 13.1 Å². The average Bonchev–Trinajstić information content (AvgIpc) is 2.63. The first-order valence-electron chi connectivity index (χ1n) is 6.09. The number of nitrogens with zero attached hydrogens (tertiary/aromatic N) is 1. The Morgan fingerprint density at radius 2 is 2.06 bits per heavy atom. The van der Waals surface area contributed by atoms with Crippen LogP contribution in [0, 0.1) is 0 Å². The van der Waals surface area contributed by atoms with Gasteiger partial charge in [0.05, 0.1) is 11.6 Å². The first-order valence-corrected chi connectivity index (χ1v) is 6.09. The van der Waals surface area contributed by atoms with Crippen molar-refractivity contribution in [1.29, 1.82) is 0 Å². The lowest BCUT2D eigenvalue weighted by Crippen LogP contribution is -2.54. The average molecular weight is 244 g/mol. The molecule has 0 aromatic heterocycles. The minimum atomic E-state index is -1.05. The lowest BCUT2D eigenvalue weighted by molar-refractivity contribution is -0.0286. The van der Waals surface area contributed by atoms with Crippen molar-refractivity contribution in [2.45, 2.75) is 57.8 Å². The van der Waals surface area contributed by atoms with E-state index < -0.39 is 11.2 Å². The summed E-state index contributed by atoms with van der Waals surface area (Å²) in [5.74, 6) is 0. The summed E-state index contributed by atoms with van der Waals surface area (Å²) in [6.07, 6.45) is 1.28. The molecule has 0 radical (unpaired) electrons. The summed E-state index contributed by atoms with van der Waals surface area (Å²) in [5, 5.41) is 10.2. The van der Waals surface area contributed by atoms with Crippen LogP contribution in [0.15, 0.2) is 0 Å². The number of hydrogen-bond donors (Lipinski definition) is 2. The molecule has 100 valence electrons. The first kappa shape index (κ1) is 14.3. The molecule has 0 aliphatic carbocycles. The SMILES string of the molecule is CC(C)(C)OC(=O)N1CCC[C@H]1[C@](C)(O)CN. The Bertz CT molecular complexity index is 284. The van der Waals surface area contributed by atoms with Crippen molar-refractivity contribution in [3.05, 3.63) is 0 Å². The van der Waals surface area contributed by atoms with Gasteiger partial charge in [-0.25, -0.2) is 4.79 Å². The molecular formula is C12H24N2O3. The Kier molecular flexibility index (Phi) is 4.04. The third kappa shape index (κ3) is 3.57. The van der Waals surface area contributed by atoms with E-state index in [0.29, 0.717) is 6.54 Å². The molecule has 1 aliphatic heterocycles. The highest BCUT2D eigenvalue weighted by Gasteiger charge is 2.42. The predicted octanol–water partition coefficient (Wildman–Crippen LogP) is 1.10. The molecule has 0 aromatic rings. The monoisotopic (exact) mass is 244 g/mol. The van der Waals surface area contributed by atoms with E-state index >= 15 is 0 Å². The van der Waals surface area contributed by atoms with Crippen LogP contribution in [-0.4, -0.2) is 46.4 Å². The van der Waals surface area contributed by atoms with Crippen molar-refractivity contribution < 1.29 is 14.6 Å². The minimum Gasteiger partial charge on any atom is -0.444 e. The van der Waals surface area contributed by atoms with Gasteiger partial charge in [-0.15, -0.1) is 0 Å². The van der Waals surface area contributed by atoms with Gasteiger partial charge in [0.25, 0.3) is 0 Å². The molecule has 0 aromatic carbocycles. The fraction of sp³-hybridized carbons (Fsp3) is 0.917. The van der Waals surface area contributed by atoms with Crippen LogP contribution < -0.4 is 5.73 Å². The maximum Gasteiger partial charge on any atom is 0.410 e. The maximum atomic E-state index is 12.0. The van der Waals surface area contributed by atoms with Crippen LogP contribution in [0.3, 0.4) is 0 Å². The first-order chi connectivity index (χ1) is 7.67. The summed E-state index contributed by atoms with van der Waals surface area (Å²) in [5.41, 5.74) is 3.98. The molecule has 3 N–H and O–H groups in total. The van der Waals surface area contributed by atoms with Gasteiger partial charge in [-0.2, -0.15) is 0 Å². The molecule has 0 bridgehead atoms. The second kappa shape index (κ2) is 4.82. The van der Waals surface area contributed by atoms with Gasteiger partial charge in [-0.3, -0.25) is 0 Å². The summed E-state index contributed by atoms with van der Waals surface area (Å²) >= 11 is 0. The van der Waals surface area contributed by atoms with Gasteiger partial charge in [-0.05, 0) is 40.5 Å². The second-order valence-corrected chi connectivity index (χ2v) is 5.89. The smallest absolute Gasteiger partial charge is 0.410 e. The van der Waals surface area contributed by atoms with Crippen LogP contribution in [-0.2, 0) is 4.74 Å². The highest BCUT2D eigenvalue weighted by molar-refractivity contribution is 5.69. The number of aliphatic hydroxyl groups is 1. The summed E-state index contributed by atoms with van der Waals surface area (Å²) in [6.45, 7) is 7.91. The van der Waals surface area contributed by atoms with Crippen molar-refractivity contribution in [3.63, 3.8) is 0 Å². The van der Waals surface area contributed by atoms with Gasteiger partial charge in [0.2, 0.25) is 0 Å². The number of hydrogen-bond acceptors (Lipinski definition) is 4. The van der Waals surface area contributed by atoms with E-state index in [1.807, 2.05) is 20.8 Å². The zero-order chi connectivity index (χ0) is 13.3. The van der Waals surface area contributed by atoms with E-state index in [4.69, 9.17) is 10.5 Å². The maximum absolute atomic E-state index is 12.0. The molecule has 0 unspecified atom stereocenters. The van der Waals surface area contributed by atoms with E-state index in [9.17, 15) is 9.90 Å². The van der Waals surface area contributed by atoms with Crippen LogP contribution in [0.25, 0.3) is 0 Å². The number of carbonyl (C=O) groups excluding carboxylic acids is 1. The van der Waals surface area contributed by atoms with Crippen molar-refractivity contribution in [2.24, 2.45) is 5.73 Å². The standard InChI is InChI=1S/C12H24N2O3/c1-11(2,3)17-10(15)14-7-5-6-9(14)12(4,16)8-13/h9,16H,5-8,13H2,1-4H3/t9-,12+/m0/s1. The summed E-state index contributed by atoms with van der Waals surface area (Å²) in [4.78, 5) is 13.6. The third-order valence-corrected chi connectivity index (χ3v) is 3.01. The van der Waals surface area contributed by atoms with Crippen LogP contribution in [0.1, 0.15) is 40.5 Å². The number of rotatable bonds is 2. The van der Waals surface area contributed by atoms with Crippen LogP contribution in [0.5, 0.6) is 0 Å². The molecule has 0 saturated carbocycles. The van der Waals surface area contributed by atoms with Crippen molar-refractivity contribution in [1.82, 2.24) is 4.90 Å². The summed E-state index contributed by atoms with van der Waals surface area (Å²) in [7, 11) is 0. The zero-order valence-corrected chi connectivity index (χ0v) is 11.2. The Balaban J connectivity index is 2.73. The lowest BCUT2D eigenvalue weighted by atomic mass is 9.94. The van der Waals surface area contributed by atoms with E-state index in [1.54, 1.807) is 11.8 Å². The van der Waals surface area contributed by atoms with Crippen molar-refractivity contribution >= 4 is 6.09 Å². The van der Waals surface area contributed by atoms with Gasteiger partial charge in [-0.1, -0.05) is 0 Å². The molecule has 5 heteroatoms. The molecule has 1 fully saturated rings. The van der Waals surface area contributed by atoms with E-state index in [2.05, 4.69) is 0 Å². The summed E-state index contributed by atoms with van der Waals surface area (Å²) in [6, 6.07) is -0.248. The molecule has 1 aliphatic rings. The van der Waals surface area contributed by atoms with Gasteiger partial charge in [0.1, 0.15) is 5.60 Å². The Morgan fingerprint density at radius 3 is 2.53 bits per heavy atom. The number of ether oxygens (including phenoxy) is 1. The highest BCUT2D eigenvalue weighted by Crippen LogP contribution is 2.28. The molecule has 1 heterocycles.